The molecule has 2 aromatic heterocycles. The minimum atomic E-state index is 0.0422. The third-order valence-electron chi connectivity index (χ3n) is 3.03. The second-order valence-electron chi connectivity index (χ2n) is 4.77. The van der Waals surface area contributed by atoms with E-state index < -0.39 is 0 Å². The van der Waals surface area contributed by atoms with Crippen LogP contribution < -0.4 is 5.32 Å². The Labute approximate surface area is 112 Å². The number of nitrogens with zero attached hydrogens (tertiary/aromatic N) is 1. The van der Waals surface area contributed by atoms with Crippen molar-refractivity contribution in [3.8, 4) is 0 Å². The Morgan fingerprint density at radius 3 is 2.94 bits per heavy atom. The second kappa shape index (κ2) is 5.57. The van der Waals surface area contributed by atoms with Crippen LogP contribution in [0.15, 0.2) is 17.5 Å². The third kappa shape index (κ3) is 2.43. The molecule has 4 heteroatoms. The molecule has 0 radical (unpaired) electrons. The Morgan fingerprint density at radius 2 is 2.28 bits per heavy atom. The van der Waals surface area contributed by atoms with Crippen molar-refractivity contribution < 1.29 is 4.79 Å². The van der Waals surface area contributed by atoms with Gasteiger partial charge in [0.25, 0.3) is 5.91 Å². The summed E-state index contributed by atoms with van der Waals surface area (Å²) in [5.41, 5.74) is 1.94. The Hall–Kier alpha value is -1.29. The molecule has 98 valence electrons. The predicted molar refractivity (Wildman–Crippen MR) is 77.4 cm³/mol. The monoisotopic (exact) mass is 264 g/mol. The summed E-state index contributed by atoms with van der Waals surface area (Å²) < 4.78 is 3.30. The van der Waals surface area contributed by atoms with Gasteiger partial charge in [-0.3, -0.25) is 4.79 Å². The van der Waals surface area contributed by atoms with E-state index in [1.54, 1.807) is 11.3 Å². The van der Waals surface area contributed by atoms with E-state index in [0.29, 0.717) is 6.04 Å². The molecular weight excluding hydrogens is 244 g/mol. The van der Waals surface area contributed by atoms with Crippen LogP contribution in [0, 0.1) is 0 Å². The number of rotatable bonds is 5. The fourth-order valence-corrected chi connectivity index (χ4v) is 2.96. The number of amides is 1. The smallest absolute Gasteiger partial charge is 0.267 e. The number of thiophene rings is 1. The van der Waals surface area contributed by atoms with Gasteiger partial charge in [-0.25, -0.2) is 0 Å². The van der Waals surface area contributed by atoms with Crippen LogP contribution in [-0.4, -0.2) is 17.0 Å². The fraction of sp³-hybridized carbons (Fsp3) is 0.500. The maximum Gasteiger partial charge on any atom is 0.267 e. The molecule has 0 spiro atoms. The molecule has 0 aliphatic heterocycles. The highest BCUT2D eigenvalue weighted by Crippen LogP contribution is 2.28. The zero-order valence-corrected chi connectivity index (χ0v) is 12.0. The van der Waals surface area contributed by atoms with E-state index >= 15 is 0 Å². The number of unbranched alkanes of at least 4 members (excludes halogenated alkanes) is 1. The van der Waals surface area contributed by atoms with E-state index in [9.17, 15) is 4.79 Å². The average molecular weight is 264 g/mol. The van der Waals surface area contributed by atoms with Gasteiger partial charge < -0.3 is 9.88 Å². The normalized spacial score (nSPS) is 11.3. The molecule has 18 heavy (non-hydrogen) atoms. The molecule has 0 aliphatic rings. The zero-order valence-electron chi connectivity index (χ0n) is 11.2. The van der Waals surface area contributed by atoms with Gasteiger partial charge in [-0.15, -0.1) is 11.3 Å². The first-order valence-corrected chi connectivity index (χ1v) is 7.39. The molecule has 0 saturated carbocycles. The van der Waals surface area contributed by atoms with Gasteiger partial charge in [0.05, 0.1) is 10.2 Å². The molecule has 0 saturated heterocycles. The Morgan fingerprint density at radius 1 is 1.50 bits per heavy atom. The Bertz CT molecular complexity index is 539. The Kier molecular flexibility index (Phi) is 4.07. The minimum absolute atomic E-state index is 0.0422. The van der Waals surface area contributed by atoms with Gasteiger partial charge in [0.2, 0.25) is 0 Å². The molecular formula is C14H20N2OS. The lowest BCUT2D eigenvalue weighted by atomic mass is 10.3. The first-order valence-electron chi connectivity index (χ1n) is 6.51. The second-order valence-corrected chi connectivity index (χ2v) is 5.72. The number of hydrogen-bond acceptors (Lipinski definition) is 2. The largest absolute Gasteiger partial charge is 0.351 e. The van der Waals surface area contributed by atoms with E-state index in [2.05, 4.69) is 42.1 Å². The van der Waals surface area contributed by atoms with E-state index in [-0.39, 0.29) is 5.91 Å². The molecule has 0 aromatic carbocycles. The molecule has 2 heterocycles. The molecule has 0 bridgehead atoms. The van der Waals surface area contributed by atoms with Crippen molar-refractivity contribution in [3.63, 3.8) is 0 Å². The lowest BCUT2D eigenvalue weighted by molar-refractivity contribution is 0.0943. The van der Waals surface area contributed by atoms with E-state index in [4.69, 9.17) is 0 Å². The van der Waals surface area contributed by atoms with Gasteiger partial charge in [-0.05, 0) is 37.8 Å². The molecule has 0 aliphatic carbocycles. The van der Waals surface area contributed by atoms with Crippen LogP contribution in [0.2, 0.25) is 0 Å². The number of carbonyl (C=O) groups excluding carboxylic acids is 1. The number of aromatic nitrogens is 1. The van der Waals surface area contributed by atoms with Crippen LogP contribution in [0.5, 0.6) is 0 Å². The Balaban J connectivity index is 2.28. The summed E-state index contributed by atoms with van der Waals surface area (Å²) in [5, 5.41) is 5.06. The summed E-state index contributed by atoms with van der Waals surface area (Å²) in [6, 6.07) is 4.38. The minimum Gasteiger partial charge on any atom is -0.351 e. The van der Waals surface area contributed by atoms with Crippen molar-refractivity contribution >= 4 is 27.5 Å². The third-order valence-corrected chi connectivity index (χ3v) is 3.88. The predicted octanol–water partition coefficient (Wildman–Crippen LogP) is 3.81. The average Bonchev–Trinajstić information content (AvgIpc) is 2.87. The SMILES string of the molecule is CCCCNC(=O)c1cc2sccc2n1C(C)C. The van der Waals surface area contributed by atoms with Crippen LogP contribution in [0.1, 0.15) is 50.1 Å². The lowest BCUT2D eigenvalue weighted by Gasteiger charge is -2.13. The molecule has 0 atom stereocenters. The quantitative estimate of drug-likeness (QED) is 0.819. The van der Waals surface area contributed by atoms with Gasteiger partial charge >= 0.3 is 0 Å². The number of fused-ring (bicyclic) bond motifs is 1. The van der Waals surface area contributed by atoms with E-state index in [1.807, 2.05) is 6.07 Å². The topological polar surface area (TPSA) is 34.0 Å². The summed E-state index contributed by atoms with van der Waals surface area (Å²) in [5.74, 6) is 0.0422. The van der Waals surface area contributed by atoms with Crippen LogP contribution in [0.25, 0.3) is 10.2 Å². The summed E-state index contributed by atoms with van der Waals surface area (Å²) in [6.45, 7) is 7.10. The number of hydrogen-bond donors (Lipinski definition) is 1. The van der Waals surface area contributed by atoms with Crippen LogP contribution in [0.4, 0.5) is 0 Å². The molecule has 2 rings (SSSR count). The lowest BCUT2D eigenvalue weighted by Crippen LogP contribution is -2.27. The maximum atomic E-state index is 12.2. The molecule has 2 aromatic rings. The molecule has 0 unspecified atom stereocenters. The van der Waals surface area contributed by atoms with Crippen molar-refractivity contribution in [2.75, 3.05) is 6.54 Å². The van der Waals surface area contributed by atoms with Crippen LogP contribution in [0.3, 0.4) is 0 Å². The first-order chi connectivity index (χ1) is 8.65. The van der Waals surface area contributed by atoms with Crippen molar-refractivity contribution in [1.82, 2.24) is 9.88 Å². The van der Waals surface area contributed by atoms with Gasteiger partial charge in [-0.1, -0.05) is 13.3 Å². The standard InChI is InChI=1S/C14H20N2OS/c1-4-5-7-15-14(17)12-9-13-11(6-8-18-13)16(12)10(2)3/h6,8-10H,4-5,7H2,1-3H3,(H,15,17). The summed E-state index contributed by atoms with van der Waals surface area (Å²) in [6.07, 6.45) is 2.13. The summed E-state index contributed by atoms with van der Waals surface area (Å²) in [7, 11) is 0. The number of carbonyl (C=O) groups is 1. The van der Waals surface area contributed by atoms with E-state index in [1.165, 1.54) is 4.70 Å². The highest BCUT2D eigenvalue weighted by Gasteiger charge is 2.17. The van der Waals surface area contributed by atoms with Crippen LogP contribution in [-0.2, 0) is 0 Å². The highest BCUT2D eigenvalue weighted by molar-refractivity contribution is 7.17. The van der Waals surface area contributed by atoms with Gasteiger partial charge in [-0.2, -0.15) is 0 Å². The number of nitrogens with one attached hydrogen (secondary N) is 1. The molecule has 3 nitrogen and oxygen atoms in total. The van der Waals surface area contributed by atoms with Crippen molar-refractivity contribution in [2.24, 2.45) is 0 Å². The van der Waals surface area contributed by atoms with Gasteiger partial charge in [0.15, 0.2) is 0 Å². The first kappa shape index (κ1) is 13.1. The van der Waals surface area contributed by atoms with Crippen LogP contribution >= 0.6 is 11.3 Å². The molecule has 0 fully saturated rings. The fourth-order valence-electron chi connectivity index (χ4n) is 2.15. The zero-order chi connectivity index (χ0) is 13.1. The van der Waals surface area contributed by atoms with Crippen molar-refractivity contribution in [1.29, 1.82) is 0 Å². The molecule has 1 amide bonds. The maximum absolute atomic E-state index is 12.2. The highest BCUT2D eigenvalue weighted by atomic mass is 32.1. The summed E-state index contributed by atoms with van der Waals surface area (Å²) >= 11 is 1.68. The van der Waals surface area contributed by atoms with E-state index in [0.717, 1.165) is 30.6 Å². The molecule has 1 N–H and O–H groups in total. The summed E-state index contributed by atoms with van der Waals surface area (Å²) in [4.78, 5) is 12.2. The van der Waals surface area contributed by atoms with Crippen molar-refractivity contribution in [2.45, 2.75) is 39.7 Å². The van der Waals surface area contributed by atoms with Crippen molar-refractivity contribution in [3.05, 3.63) is 23.2 Å². The van der Waals surface area contributed by atoms with Gasteiger partial charge in [0.1, 0.15) is 5.69 Å². The van der Waals surface area contributed by atoms with Gasteiger partial charge in [0, 0.05) is 12.6 Å².